The first-order valence-corrected chi connectivity index (χ1v) is 13.8. The third-order valence-electron chi connectivity index (χ3n) is 7.87. The maximum absolute atomic E-state index is 13.0. The van der Waals surface area contributed by atoms with Gasteiger partial charge in [0.05, 0.1) is 17.7 Å². The molecular weight excluding hydrogens is 482 g/mol. The second-order valence-corrected chi connectivity index (χ2v) is 11.2. The number of fused-ring (bicyclic) bond motifs is 2. The lowest BCUT2D eigenvalue weighted by atomic mass is 9.81. The van der Waals surface area contributed by atoms with Gasteiger partial charge in [-0.1, -0.05) is 29.6 Å². The van der Waals surface area contributed by atoms with Gasteiger partial charge in [-0.3, -0.25) is 14.7 Å². The van der Waals surface area contributed by atoms with Crippen molar-refractivity contribution in [3.63, 3.8) is 0 Å². The quantitative estimate of drug-likeness (QED) is 0.522. The Bertz CT molecular complexity index is 1060. The van der Waals surface area contributed by atoms with Gasteiger partial charge in [0.2, 0.25) is 5.91 Å². The largest absolute Gasteiger partial charge is 0.464 e. The van der Waals surface area contributed by atoms with E-state index in [0.29, 0.717) is 11.1 Å². The zero-order valence-electron chi connectivity index (χ0n) is 20.6. The molecule has 1 aromatic rings. The lowest BCUT2D eigenvalue weighted by molar-refractivity contribution is -0.125. The predicted octanol–water partition coefficient (Wildman–Crippen LogP) is 5.10. The summed E-state index contributed by atoms with van der Waals surface area (Å²) in [5.41, 5.74) is 1.94. The molecule has 1 saturated carbocycles. The van der Waals surface area contributed by atoms with Crippen LogP contribution in [-0.4, -0.2) is 54.2 Å². The minimum atomic E-state index is -2.49. The van der Waals surface area contributed by atoms with Crippen molar-refractivity contribution in [1.82, 2.24) is 15.2 Å². The number of rotatable bonds is 8. The van der Waals surface area contributed by atoms with Crippen LogP contribution in [0.1, 0.15) is 55.6 Å². The fourth-order valence-electron chi connectivity index (χ4n) is 5.79. The summed E-state index contributed by atoms with van der Waals surface area (Å²) in [5, 5.41) is 3.66. The maximum atomic E-state index is 13.0. The van der Waals surface area contributed by atoms with Crippen LogP contribution in [0.4, 0.5) is 8.78 Å². The molecule has 1 aromatic heterocycles. The Kier molecular flexibility index (Phi) is 7.96. The fraction of sp³-hybridized carbons (Fsp3) is 0.593. The van der Waals surface area contributed by atoms with Crippen molar-refractivity contribution in [3.05, 3.63) is 46.6 Å². The number of dihydropyridines is 1. The number of aromatic nitrogens is 1. The molecule has 3 unspecified atom stereocenters. The number of halogens is 2. The molecule has 0 aromatic carbocycles. The monoisotopic (exact) mass is 516 g/mol. The summed E-state index contributed by atoms with van der Waals surface area (Å²) in [6.07, 6.45) is 15.5. The number of allylic oxidation sites excluding steroid dienone is 4. The van der Waals surface area contributed by atoms with Gasteiger partial charge >= 0.3 is 0 Å². The molecule has 36 heavy (non-hydrogen) atoms. The van der Waals surface area contributed by atoms with Gasteiger partial charge in [0, 0.05) is 35.3 Å². The fourth-order valence-corrected chi connectivity index (χ4v) is 6.78. The molecule has 1 N–H and O–H groups in total. The molecule has 2 aliphatic heterocycles. The average molecular weight is 517 g/mol. The Hall–Kier alpha value is -2.39. The smallest absolute Gasteiger partial charge is 0.273 e. The number of thiazole rings is 1. The third-order valence-corrected chi connectivity index (χ3v) is 8.92. The second kappa shape index (κ2) is 11.3. The minimum absolute atomic E-state index is 0.0352. The van der Waals surface area contributed by atoms with E-state index < -0.39 is 13.0 Å². The molecule has 3 heterocycles. The zero-order valence-corrected chi connectivity index (χ0v) is 21.4. The van der Waals surface area contributed by atoms with Gasteiger partial charge in [-0.2, -0.15) is 0 Å². The van der Waals surface area contributed by atoms with Crippen LogP contribution in [0.15, 0.2) is 41.1 Å². The predicted molar refractivity (Wildman–Crippen MR) is 138 cm³/mol. The Morgan fingerprint density at radius 3 is 2.89 bits per heavy atom. The van der Waals surface area contributed by atoms with E-state index in [4.69, 9.17) is 4.74 Å². The Labute approximate surface area is 215 Å². The molecule has 6 nitrogen and oxygen atoms in total. The van der Waals surface area contributed by atoms with E-state index in [1.165, 1.54) is 11.3 Å². The van der Waals surface area contributed by atoms with Crippen molar-refractivity contribution in [2.45, 2.75) is 64.0 Å². The van der Waals surface area contributed by atoms with Crippen LogP contribution in [0.5, 0.6) is 5.19 Å². The van der Waals surface area contributed by atoms with Gasteiger partial charge in [-0.25, -0.2) is 13.8 Å². The van der Waals surface area contributed by atoms with Gasteiger partial charge in [0.25, 0.3) is 11.6 Å². The highest BCUT2D eigenvalue weighted by atomic mass is 32.1. The lowest BCUT2D eigenvalue weighted by Crippen LogP contribution is -2.43. The summed E-state index contributed by atoms with van der Waals surface area (Å²) in [6.45, 7) is 3.51. The number of nitrogens with zero attached hydrogens (tertiary/aromatic N) is 3. The number of nitrogens with one attached hydrogen (secondary N) is 1. The molecule has 0 saturated heterocycles. The van der Waals surface area contributed by atoms with Crippen LogP contribution >= 0.6 is 11.3 Å². The molecular formula is C27H34F2N4O2S. The van der Waals surface area contributed by atoms with Crippen LogP contribution in [-0.2, 0) is 11.2 Å². The number of ether oxygens (including phenoxy) is 1. The first-order valence-electron chi connectivity index (χ1n) is 13.0. The summed E-state index contributed by atoms with van der Waals surface area (Å²) >= 11 is 1.40. The minimum Gasteiger partial charge on any atom is -0.464 e. The average Bonchev–Trinajstić information content (AvgIpc) is 3.32. The summed E-state index contributed by atoms with van der Waals surface area (Å²) in [7, 11) is 0. The first kappa shape index (κ1) is 25.3. The molecule has 1 amide bonds. The van der Waals surface area contributed by atoms with Crippen molar-refractivity contribution in [1.29, 1.82) is 0 Å². The zero-order chi connectivity index (χ0) is 25.1. The maximum Gasteiger partial charge on any atom is 0.273 e. The van der Waals surface area contributed by atoms with Crippen molar-refractivity contribution in [2.24, 2.45) is 22.7 Å². The van der Waals surface area contributed by atoms with Crippen molar-refractivity contribution < 1.29 is 18.3 Å². The van der Waals surface area contributed by atoms with E-state index in [9.17, 15) is 13.6 Å². The van der Waals surface area contributed by atoms with Crippen LogP contribution in [0.25, 0.3) is 0 Å². The van der Waals surface area contributed by atoms with Crippen molar-refractivity contribution in [3.8, 4) is 5.19 Å². The summed E-state index contributed by atoms with van der Waals surface area (Å²) in [4.78, 5) is 25.5. The highest BCUT2D eigenvalue weighted by Gasteiger charge is 2.33. The van der Waals surface area contributed by atoms with Crippen LogP contribution in [0.3, 0.4) is 0 Å². The van der Waals surface area contributed by atoms with E-state index >= 15 is 0 Å². The summed E-state index contributed by atoms with van der Waals surface area (Å²) < 4.78 is 30.1. The molecule has 5 rings (SSSR count). The van der Waals surface area contributed by atoms with E-state index in [1.807, 2.05) is 24.3 Å². The Morgan fingerprint density at radius 2 is 2.08 bits per heavy atom. The van der Waals surface area contributed by atoms with Crippen molar-refractivity contribution in [2.75, 3.05) is 19.7 Å². The van der Waals surface area contributed by atoms with E-state index in [0.717, 1.165) is 67.9 Å². The van der Waals surface area contributed by atoms with Crippen LogP contribution in [0, 0.1) is 17.8 Å². The number of carbonyl (C=O) groups is 1. The number of amides is 1. The lowest BCUT2D eigenvalue weighted by Gasteiger charge is -2.35. The van der Waals surface area contributed by atoms with Gasteiger partial charge in [-0.05, 0) is 70.1 Å². The molecule has 3 atom stereocenters. The van der Waals surface area contributed by atoms with E-state index in [-0.39, 0.29) is 29.8 Å². The van der Waals surface area contributed by atoms with Crippen LogP contribution < -0.4 is 10.1 Å². The highest BCUT2D eigenvalue weighted by molar-refractivity contribution is 7.13. The highest BCUT2D eigenvalue weighted by Crippen LogP contribution is 2.37. The van der Waals surface area contributed by atoms with Crippen LogP contribution in [0.2, 0.25) is 0 Å². The standard InChI is InChI=1S/C27H34F2N4O2S/c1-17-25-23(36-27(32-25)35-16-24(28)29)12-15-33(17)14-11-18-7-9-19(10-8-18)31-26(34)21-4-2-6-22-20(21)5-3-13-30-22/h2-6,13,17-21,24H,7-12,14-16H2,1H3,(H,31,34). The molecule has 0 bridgehead atoms. The van der Waals surface area contributed by atoms with Gasteiger partial charge in [0.15, 0.2) is 6.61 Å². The first-order chi connectivity index (χ1) is 17.5. The summed E-state index contributed by atoms with van der Waals surface area (Å²) in [5.74, 6) is 0.610. The van der Waals surface area contributed by atoms with Gasteiger partial charge < -0.3 is 10.1 Å². The molecule has 1 fully saturated rings. The number of carbonyl (C=O) groups excluding carboxylic acids is 1. The van der Waals surface area contributed by atoms with Gasteiger partial charge in [0.1, 0.15) is 0 Å². The number of hydrogen-bond acceptors (Lipinski definition) is 6. The molecule has 0 radical (unpaired) electrons. The number of aliphatic imine (C=N–C) groups is 1. The third kappa shape index (κ3) is 5.78. The second-order valence-electron chi connectivity index (χ2n) is 10.2. The number of hydrogen-bond donors (Lipinski definition) is 1. The molecule has 4 aliphatic rings. The molecule has 2 aliphatic carbocycles. The molecule has 0 spiro atoms. The normalized spacial score (nSPS) is 29.6. The van der Waals surface area contributed by atoms with Gasteiger partial charge in [-0.15, -0.1) is 0 Å². The Balaban J connectivity index is 1.06. The summed E-state index contributed by atoms with van der Waals surface area (Å²) in [6, 6.07) is 0.413. The van der Waals surface area contributed by atoms with Crippen molar-refractivity contribution >= 4 is 23.5 Å². The SMILES string of the molecule is CC1c2nc(OCC(F)F)sc2CCN1CCC1CCC(NC(=O)C2C=CC=C3N=CC=CC32)CC1. The topological polar surface area (TPSA) is 66.8 Å². The molecule has 194 valence electrons. The Morgan fingerprint density at radius 1 is 1.25 bits per heavy atom. The van der Waals surface area contributed by atoms with E-state index in [1.54, 1.807) is 6.21 Å². The molecule has 9 heteroatoms. The van der Waals surface area contributed by atoms with E-state index in [2.05, 4.69) is 33.2 Å². The number of alkyl halides is 2.